The summed E-state index contributed by atoms with van der Waals surface area (Å²) in [5.41, 5.74) is 1.67. The zero-order valence-electron chi connectivity index (χ0n) is 10.4. The van der Waals surface area contributed by atoms with Gasteiger partial charge in [-0.05, 0) is 23.8 Å². The molecule has 0 bridgehead atoms. The average molecular weight is 312 g/mol. The van der Waals surface area contributed by atoms with E-state index in [-0.39, 0.29) is 12.3 Å². The van der Waals surface area contributed by atoms with E-state index in [1.807, 2.05) is 6.07 Å². The Morgan fingerprint density at radius 2 is 1.85 bits per heavy atom. The Kier molecular flexibility index (Phi) is 4.82. The van der Waals surface area contributed by atoms with Crippen LogP contribution < -0.4 is 4.74 Å². The van der Waals surface area contributed by atoms with Crippen LogP contribution in [0.5, 0.6) is 5.75 Å². The summed E-state index contributed by atoms with van der Waals surface area (Å²) in [5, 5.41) is 11.1. The third kappa shape index (κ3) is 3.40. The van der Waals surface area contributed by atoms with Crippen molar-refractivity contribution in [2.75, 3.05) is 0 Å². The lowest BCUT2D eigenvalue weighted by Gasteiger charge is -2.11. The maximum absolute atomic E-state index is 10.6. The van der Waals surface area contributed by atoms with Crippen molar-refractivity contribution in [1.82, 2.24) is 0 Å². The van der Waals surface area contributed by atoms with Gasteiger partial charge in [-0.1, -0.05) is 23.7 Å². The van der Waals surface area contributed by atoms with Crippen molar-refractivity contribution < 1.29 is 9.66 Å². The van der Waals surface area contributed by atoms with Crippen molar-refractivity contribution in [3.63, 3.8) is 0 Å². The van der Waals surface area contributed by atoms with Crippen molar-refractivity contribution in [3.05, 3.63) is 68.7 Å². The molecule has 0 fully saturated rings. The first-order valence-electron chi connectivity index (χ1n) is 5.81. The van der Waals surface area contributed by atoms with Gasteiger partial charge < -0.3 is 4.74 Å². The van der Waals surface area contributed by atoms with Gasteiger partial charge in [-0.15, -0.1) is 11.6 Å². The molecule has 4 nitrogen and oxygen atoms in total. The van der Waals surface area contributed by atoms with E-state index in [0.29, 0.717) is 16.7 Å². The van der Waals surface area contributed by atoms with Crippen molar-refractivity contribution >= 4 is 28.9 Å². The van der Waals surface area contributed by atoms with Crippen molar-refractivity contribution in [1.29, 1.82) is 0 Å². The van der Waals surface area contributed by atoms with Crippen molar-refractivity contribution in [2.24, 2.45) is 0 Å². The maximum atomic E-state index is 10.6. The van der Waals surface area contributed by atoms with E-state index >= 15 is 0 Å². The number of nitrogens with zero attached hydrogens (tertiary/aromatic N) is 1. The van der Waals surface area contributed by atoms with E-state index in [2.05, 4.69) is 0 Å². The van der Waals surface area contributed by atoms with Gasteiger partial charge in [0.1, 0.15) is 12.4 Å². The molecule has 104 valence electrons. The van der Waals surface area contributed by atoms with Crippen LogP contribution >= 0.6 is 23.2 Å². The summed E-state index contributed by atoms with van der Waals surface area (Å²) in [7, 11) is 0. The fourth-order valence-corrected chi connectivity index (χ4v) is 2.15. The molecule has 0 heterocycles. The molecule has 0 aliphatic heterocycles. The normalized spacial score (nSPS) is 10.3. The fraction of sp³-hybridized carbons (Fsp3) is 0.143. The third-order valence-corrected chi connectivity index (χ3v) is 3.31. The summed E-state index contributed by atoms with van der Waals surface area (Å²) in [4.78, 5) is 10.1. The minimum Gasteiger partial charge on any atom is -0.487 e. The number of rotatable bonds is 5. The molecule has 2 rings (SSSR count). The lowest BCUT2D eigenvalue weighted by atomic mass is 10.2. The molecule has 0 unspecified atom stereocenters. The Balaban J connectivity index is 2.11. The number of benzene rings is 2. The number of hydrogen-bond donors (Lipinski definition) is 0. The molecule has 0 spiro atoms. The highest BCUT2D eigenvalue weighted by Crippen LogP contribution is 2.30. The number of halogens is 2. The largest absolute Gasteiger partial charge is 0.487 e. The van der Waals surface area contributed by atoms with Crippen LogP contribution in [0.1, 0.15) is 11.1 Å². The van der Waals surface area contributed by atoms with Crippen LogP contribution in [0, 0.1) is 10.1 Å². The Labute approximate surface area is 126 Å². The van der Waals surface area contributed by atoms with Crippen LogP contribution in [-0.2, 0) is 12.5 Å². The Morgan fingerprint density at radius 3 is 2.45 bits per heavy atom. The second-order valence-electron chi connectivity index (χ2n) is 4.07. The molecule has 0 radical (unpaired) electrons. The third-order valence-electron chi connectivity index (χ3n) is 2.72. The van der Waals surface area contributed by atoms with E-state index in [9.17, 15) is 10.1 Å². The number of non-ortho nitro benzene ring substituents is 1. The number of para-hydroxylation sites is 1. The molecule has 0 N–H and O–H groups in total. The average Bonchev–Trinajstić information content (AvgIpc) is 2.46. The summed E-state index contributed by atoms with van der Waals surface area (Å²) in [6.07, 6.45) is 0. The number of hydrogen-bond acceptors (Lipinski definition) is 3. The van der Waals surface area contributed by atoms with Gasteiger partial charge >= 0.3 is 0 Å². The highest BCUT2D eigenvalue weighted by atomic mass is 35.5. The summed E-state index contributed by atoms with van der Waals surface area (Å²) in [6, 6.07) is 11.5. The van der Waals surface area contributed by atoms with Gasteiger partial charge in [0, 0.05) is 17.7 Å². The summed E-state index contributed by atoms with van der Waals surface area (Å²) < 4.78 is 5.66. The lowest BCUT2D eigenvalue weighted by molar-refractivity contribution is -0.384. The van der Waals surface area contributed by atoms with E-state index in [0.717, 1.165) is 11.1 Å². The first kappa shape index (κ1) is 14.6. The van der Waals surface area contributed by atoms with E-state index in [4.69, 9.17) is 27.9 Å². The molecule has 0 saturated carbocycles. The summed E-state index contributed by atoms with van der Waals surface area (Å²) >= 11 is 11.9. The maximum Gasteiger partial charge on any atom is 0.269 e. The molecule has 0 saturated heterocycles. The zero-order chi connectivity index (χ0) is 14.5. The van der Waals surface area contributed by atoms with Crippen LogP contribution in [0.15, 0.2) is 42.5 Å². The number of nitro benzene ring substituents is 1. The van der Waals surface area contributed by atoms with Gasteiger partial charge in [0.05, 0.1) is 15.8 Å². The molecule has 2 aromatic carbocycles. The first-order chi connectivity index (χ1) is 9.61. The van der Waals surface area contributed by atoms with Gasteiger partial charge in [-0.3, -0.25) is 10.1 Å². The van der Waals surface area contributed by atoms with Gasteiger partial charge in [0.25, 0.3) is 5.69 Å². The molecule has 2 aromatic rings. The van der Waals surface area contributed by atoms with E-state index in [1.165, 1.54) is 12.1 Å². The predicted octanol–water partition coefficient (Wildman–Crippen LogP) is 4.57. The number of nitro groups is 1. The first-order valence-corrected chi connectivity index (χ1v) is 6.72. The second-order valence-corrected chi connectivity index (χ2v) is 4.75. The molecule has 20 heavy (non-hydrogen) atoms. The SMILES string of the molecule is O=[N+]([O-])c1ccc(COc2c(Cl)cccc2CCl)cc1. The summed E-state index contributed by atoms with van der Waals surface area (Å²) in [5.74, 6) is 0.846. The molecular weight excluding hydrogens is 301 g/mol. The van der Waals surface area contributed by atoms with Crippen LogP contribution in [0.25, 0.3) is 0 Å². The van der Waals surface area contributed by atoms with Crippen LogP contribution in [0.4, 0.5) is 5.69 Å². The lowest BCUT2D eigenvalue weighted by Crippen LogP contribution is -1.99. The van der Waals surface area contributed by atoms with Gasteiger partial charge in [0.2, 0.25) is 0 Å². The predicted molar refractivity (Wildman–Crippen MR) is 78.4 cm³/mol. The van der Waals surface area contributed by atoms with E-state index < -0.39 is 4.92 Å². The van der Waals surface area contributed by atoms with Gasteiger partial charge in [-0.2, -0.15) is 0 Å². The number of ether oxygens (including phenoxy) is 1. The van der Waals surface area contributed by atoms with E-state index in [1.54, 1.807) is 24.3 Å². The van der Waals surface area contributed by atoms with Crippen LogP contribution in [-0.4, -0.2) is 4.92 Å². The molecule has 0 aliphatic carbocycles. The molecule has 0 atom stereocenters. The summed E-state index contributed by atoms with van der Waals surface area (Å²) in [6.45, 7) is 0.269. The molecular formula is C14H11Cl2NO3. The number of alkyl halides is 1. The van der Waals surface area contributed by atoms with Crippen molar-refractivity contribution in [2.45, 2.75) is 12.5 Å². The van der Waals surface area contributed by atoms with Gasteiger partial charge in [0.15, 0.2) is 0 Å². The fourth-order valence-electron chi connectivity index (χ4n) is 1.69. The second kappa shape index (κ2) is 6.59. The topological polar surface area (TPSA) is 52.4 Å². The minimum atomic E-state index is -0.440. The van der Waals surface area contributed by atoms with Gasteiger partial charge in [-0.25, -0.2) is 0 Å². The standard InChI is InChI=1S/C14H11Cl2NO3/c15-8-11-2-1-3-13(16)14(11)20-9-10-4-6-12(7-5-10)17(18)19/h1-7H,8-9H2. The minimum absolute atomic E-state index is 0.0490. The van der Waals surface area contributed by atoms with Crippen LogP contribution in [0.3, 0.4) is 0 Å². The Bertz CT molecular complexity index is 614. The zero-order valence-corrected chi connectivity index (χ0v) is 11.9. The molecule has 0 amide bonds. The quantitative estimate of drug-likeness (QED) is 0.462. The molecule has 0 aromatic heterocycles. The monoisotopic (exact) mass is 311 g/mol. The highest BCUT2D eigenvalue weighted by molar-refractivity contribution is 6.32. The van der Waals surface area contributed by atoms with Crippen molar-refractivity contribution in [3.8, 4) is 5.75 Å². The smallest absolute Gasteiger partial charge is 0.269 e. The highest BCUT2D eigenvalue weighted by Gasteiger charge is 2.09. The Hall–Kier alpha value is -1.78. The van der Waals surface area contributed by atoms with Crippen LogP contribution in [0.2, 0.25) is 5.02 Å². The molecule has 0 aliphatic rings. The molecule has 6 heteroatoms. The Morgan fingerprint density at radius 1 is 1.15 bits per heavy atom.